The lowest BCUT2D eigenvalue weighted by molar-refractivity contribution is 1.12. The van der Waals surface area contributed by atoms with Crippen molar-refractivity contribution in [1.29, 1.82) is 0 Å². The first-order valence-electron chi connectivity index (χ1n) is 6.48. The maximum absolute atomic E-state index is 4.58. The summed E-state index contributed by atoms with van der Waals surface area (Å²) >= 11 is 4.58. The van der Waals surface area contributed by atoms with Crippen LogP contribution >= 0.6 is 12.6 Å². The molecule has 2 aromatic carbocycles. The number of fused-ring (bicyclic) bond motifs is 2. The van der Waals surface area contributed by atoms with E-state index in [-0.39, 0.29) is 0 Å². The van der Waals surface area contributed by atoms with Crippen molar-refractivity contribution in [1.82, 2.24) is 9.55 Å². The monoisotopic (exact) mass is 276 g/mol. The van der Waals surface area contributed by atoms with Gasteiger partial charge in [0.1, 0.15) is 0 Å². The molecule has 0 saturated carbocycles. The molecular formula is C17H12N2S. The maximum atomic E-state index is 4.58. The summed E-state index contributed by atoms with van der Waals surface area (Å²) in [5.41, 5.74) is 3.30. The van der Waals surface area contributed by atoms with Gasteiger partial charge in [0.25, 0.3) is 0 Å². The molecular weight excluding hydrogens is 264 g/mol. The fraction of sp³-hybridized carbons (Fsp3) is 0. The van der Waals surface area contributed by atoms with Gasteiger partial charge in [-0.05, 0) is 18.2 Å². The molecule has 0 radical (unpaired) electrons. The first-order chi connectivity index (χ1) is 9.84. The minimum atomic E-state index is 0.987. The zero-order valence-corrected chi connectivity index (χ0v) is 11.6. The van der Waals surface area contributed by atoms with E-state index in [1.165, 1.54) is 0 Å². The van der Waals surface area contributed by atoms with E-state index < -0.39 is 0 Å². The molecule has 4 aromatic rings. The van der Waals surface area contributed by atoms with Gasteiger partial charge in [0, 0.05) is 28.1 Å². The number of hydrogen-bond donors (Lipinski definition) is 1. The Hall–Kier alpha value is -2.26. The van der Waals surface area contributed by atoms with Crippen molar-refractivity contribution in [2.75, 3.05) is 0 Å². The minimum absolute atomic E-state index is 0.987. The van der Waals surface area contributed by atoms with Crippen LogP contribution in [0.5, 0.6) is 0 Å². The highest BCUT2D eigenvalue weighted by Crippen LogP contribution is 2.29. The van der Waals surface area contributed by atoms with Gasteiger partial charge >= 0.3 is 0 Å². The van der Waals surface area contributed by atoms with Gasteiger partial charge in [0.05, 0.1) is 16.7 Å². The number of benzene rings is 2. The third-order valence-corrected chi connectivity index (χ3v) is 3.93. The van der Waals surface area contributed by atoms with Crippen LogP contribution in [0.2, 0.25) is 0 Å². The first kappa shape index (κ1) is 11.6. The van der Waals surface area contributed by atoms with Crippen molar-refractivity contribution >= 4 is 34.4 Å². The Labute approximate surface area is 122 Å². The smallest absolute Gasteiger partial charge is 0.0723 e. The van der Waals surface area contributed by atoms with Crippen molar-refractivity contribution in [3.63, 3.8) is 0 Å². The number of pyridine rings is 1. The Morgan fingerprint density at radius 1 is 0.850 bits per heavy atom. The molecule has 2 aromatic heterocycles. The molecule has 0 spiro atoms. The highest BCUT2D eigenvalue weighted by molar-refractivity contribution is 7.80. The average Bonchev–Trinajstić information content (AvgIpc) is 2.84. The largest absolute Gasteiger partial charge is 0.315 e. The second-order valence-corrected chi connectivity index (χ2v) is 5.23. The van der Waals surface area contributed by atoms with Crippen molar-refractivity contribution in [3.05, 3.63) is 67.0 Å². The van der Waals surface area contributed by atoms with Gasteiger partial charge in [-0.15, -0.1) is 12.6 Å². The van der Waals surface area contributed by atoms with E-state index in [4.69, 9.17) is 0 Å². The molecule has 0 amide bonds. The third-order valence-electron chi connectivity index (χ3n) is 3.58. The molecule has 0 aliphatic heterocycles. The molecule has 3 heteroatoms. The van der Waals surface area contributed by atoms with Crippen LogP contribution in [0.15, 0.2) is 71.9 Å². The minimum Gasteiger partial charge on any atom is -0.315 e. The summed E-state index contributed by atoms with van der Waals surface area (Å²) in [5, 5.41) is 2.31. The van der Waals surface area contributed by atoms with E-state index in [1.807, 2.05) is 36.5 Å². The van der Waals surface area contributed by atoms with Crippen LogP contribution < -0.4 is 0 Å². The summed E-state index contributed by atoms with van der Waals surface area (Å²) in [6.07, 6.45) is 3.92. The molecule has 20 heavy (non-hydrogen) atoms. The van der Waals surface area contributed by atoms with Gasteiger partial charge in [0.15, 0.2) is 0 Å². The van der Waals surface area contributed by atoms with Gasteiger partial charge in [-0.25, -0.2) is 0 Å². The lowest BCUT2D eigenvalue weighted by Gasteiger charge is -2.08. The first-order valence-corrected chi connectivity index (χ1v) is 6.92. The summed E-state index contributed by atoms with van der Waals surface area (Å²) in [4.78, 5) is 5.41. The molecule has 0 bridgehead atoms. The predicted molar refractivity (Wildman–Crippen MR) is 85.8 cm³/mol. The third kappa shape index (κ3) is 1.63. The van der Waals surface area contributed by atoms with Crippen molar-refractivity contribution in [3.8, 4) is 5.69 Å². The fourth-order valence-corrected chi connectivity index (χ4v) is 2.96. The summed E-state index contributed by atoms with van der Waals surface area (Å²) in [6, 6.07) is 18.5. The summed E-state index contributed by atoms with van der Waals surface area (Å²) in [5.74, 6) is 0. The number of para-hydroxylation sites is 2. The Morgan fingerprint density at radius 3 is 2.50 bits per heavy atom. The molecule has 2 heterocycles. The molecule has 0 aliphatic rings. The fourth-order valence-electron chi connectivity index (χ4n) is 2.65. The van der Waals surface area contributed by atoms with Gasteiger partial charge in [0.2, 0.25) is 0 Å². The van der Waals surface area contributed by atoms with Gasteiger partial charge < -0.3 is 4.57 Å². The molecule has 4 rings (SSSR count). The number of nitrogens with zero attached hydrogens (tertiary/aromatic N) is 2. The van der Waals surface area contributed by atoms with Gasteiger partial charge in [-0.3, -0.25) is 4.98 Å². The SMILES string of the molecule is Sc1cn(-c2ccnc3ccccc23)c2ccccc12. The maximum Gasteiger partial charge on any atom is 0.0723 e. The lowest BCUT2D eigenvalue weighted by atomic mass is 10.2. The molecule has 0 atom stereocenters. The van der Waals surface area contributed by atoms with Crippen LogP contribution in [0.1, 0.15) is 0 Å². The Balaban J connectivity index is 2.12. The number of rotatable bonds is 1. The van der Waals surface area contributed by atoms with Crippen molar-refractivity contribution < 1.29 is 0 Å². The van der Waals surface area contributed by atoms with E-state index in [0.29, 0.717) is 0 Å². The van der Waals surface area contributed by atoms with Crippen LogP contribution in [-0.4, -0.2) is 9.55 Å². The average molecular weight is 276 g/mol. The number of aromatic nitrogens is 2. The Bertz CT molecular complexity index is 919. The standard InChI is InChI=1S/C17H12N2S/c20-17-11-19(15-8-4-2-6-13(15)17)16-9-10-18-14-7-3-1-5-12(14)16/h1-11,20H. The number of thiol groups is 1. The lowest BCUT2D eigenvalue weighted by Crippen LogP contribution is -1.94. The molecule has 0 aliphatic carbocycles. The van der Waals surface area contributed by atoms with E-state index in [1.54, 1.807) is 0 Å². The van der Waals surface area contributed by atoms with Crippen molar-refractivity contribution in [2.45, 2.75) is 4.90 Å². The Morgan fingerprint density at radius 2 is 1.60 bits per heavy atom. The Kier molecular flexibility index (Phi) is 2.54. The molecule has 2 nitrogen and oxygen atoms in total. The zero-order chi connectivity index (χ0) is 13.5. The summed E-state index contributed by atoms with van der Waals surface area (Å²) in [7, 11) is 0. The normalized spacial score (nSPS) is 11.2. The molecule has 0 unspecified atom stereocenters. The van der Waals surface area contributed by atoms with Crippen LogP contribution in [0.4, 0.5) is 0 Å². The van der Waals surface area contributed by atoms with Crippen LogP contribution in [0.3, 0.4) is 0 Å². The highest BCUT2D eigenvalue weighted by Gasteiger charge is 2.09. The molecule has 96 valence electrons. The van der Waals surface area contributed by atoms with E-state index in [2.05, 4.69) is 52.6 Å². The summed E-state index contributed by atoms with van der Waals surface area (Å²) in [6.45, 7) is 0. The second kappa shape index (κ2) is 4.39. The van der Waals surface area contributed by atoms with Gasteiger partial charge in [-0.1, -0.05) is 36.4 Å². The molecule has 0 fully saturated rings. The summed E-state index contributed by atoms with van der Waals surface area (Å²) < 4.78 is 2.18. The zero-order valence-electron chi connectivity index (χ0n) is 10.7. The topological polar surface area (TPSA) is 17.8 Å². The second-order valence-electron chi connectivity index (χ2n) is 4.75. The van der Waals surface area contributed by atoms with E-state index in [9.17, 15) is 0 Å². The van der Waals surface area contributed by atoms with Crippen molar-refractivity contribution in [2.24, 2.45) is 0 Å². The predicted octanol–water partition coefficient (Wildman–Crippen LogP) is 4.47. The van der Waals surface area contributed by atoms with E-state index >= 15 is 0 Å². The van der Waals surface area contributed by atoms with Gasteiger partial charge in [-0.2, -0.15) is 0 Å². The quantitative estimate of drug-likeness (QED) is 0.508. The molecule has 0 saturated heterocycles. The van der Waals surface area contributed by atoms with Crippen LogP contribution in [-0.2, 0) is 0 Å². The van der Waals surface area contributed by atoms with Crippen LogP contribution in [0, 0.1) is 0 Å². The number of hydrogen-bond acceptors (Lipinski definition) is 2. The van der Waals surface area contributed by atoms with Crippen LogP contribution in [0.25, 0.3) is 27.5 Å². The molecule has 0 N–H and O–H groups in total. The highest BCUT2D eigenvalue weighted by atomic mass is 32.1. The van der Waals surface area contributed by atoms with E-state index in [0.717, 1.165) is 32.4 Å².